The Labute approximate surface area is 703 Å². The smallest absolute Gasteiger partial charge is 0.326 e. The summed E-state index contributed by atoms with van der Waals surface area (Å²) in [5, 5.41) is 87.5. The van der Waals surface area contributed by atoms with E-state index in [1.807, 2.05) is 6.92 Å². The number of imidazole rings is 1. The number of nitrogens with one attached hydrogen (secondary N) is 14. The minimum atomic E-state index is -1.98. The molecule has 0 bridgehead atoms. The van der Waals surface area contributed by atoms with E-state index in [9.17, 15) is 112 Å². The number of hydrogen-bond acceptors (Lipinski definition) is 25. The number of imide groups is 1. The number of hydrogen-bond donors (Lipinski definition) is 24. The summed E-state index contributed by atoms with van der Waals surface area (Å²) in [4.78, 5) is 268. The average molecular weight is 1730 g/mol. The number of aromatic amines is 1. The number of aromatic nitrogens is 2. The maximum atomic E-state index is 15.1. The van der Waals surface area contributed by atoms with Gasteiger partial charge in [-0.1, -0.05) is 90.6 Å². The van der Waals surface area contributed by atoms with Gasteiger partial charge in [0.2, 0.25) is 94.5 Å². The van der Waals surface area contributed by atoms with Crippen molar-refractivity contribution in [3.63, 3.8) is 0 Å². The van der Waals surface area contributed by atoms with E-state index in [-0.39, 0.29) is 63.7 Å². The molecule has 1 saturated heterocycles. The summed E-state index contributed by atoms with van der Waals surface area (Å²) in [6, 6.07) is -14.6. The third-order valence-electron chi connectivity index (χ3n) is 19.3. The number of likely N-dealkylation sites (tertiary alicyclic amines) is 1. The molecule has 2 aromatic rings. The van der Waals surface area contributed by atoms with Crippen molar-refractivity contribution < 1.29 is 117 Å². The molecule has 0 radical (unpaired) electrons. The quantitative estimate of drug-likeness (QED) is 0.0166. The number of amides is 17. The highest BCUT2D eigenvalue weighted by atomic mass is 16.4. The van der Waals surface area contributed by atoms with E-state index in [2.05, 4.69) is 73.8 Å². The molecule has 0 saturated carbocycles. The van der Waals surface area contributed by atoms with Crippen LogP contribution in [0.2, 0.25) is 0 Å². The number of aliphatic carboxylic acids is 2. The zero-order chi connectivity index (χ0) is 91.5. The van der Waals surface area contributed by atoms with Crippen LogP contribution in [0, 0.1) is 17.2 Å². The van der Waals surface area contributed by atoms with Gasteiger partial charge >= 0.3 is 11.9 Å². The van der Waals surface area contributed by atoms with Crippen LogP contribution < -0.4 is 92.5 Å². The lowest BCUT2D eigenvalue weighted by Crippen LogP contribution is -2.63. The first-order valence-corrected chi connectivity index (χ1v) is 40.1. The largest absolute Gasteiger partial charge is 0.481 e. The highest BCUT2D eigenvalue weighted by molar-refractivity contribution is 6.05. The molecule has 29 N–H and O–H groups in total. The standard InChI is InChI=1S/C76H120N22O24/c1-6-7-8-9-13-20-60(106)98(74(120)53(38-101)95-69(115)51(36-99)86-59(105)34-77)55(32-42-16-11-10-12-17-42)71(117)93-49(31-40(2)3)67(113)94-52(37-100)73(119)97-30-15-19-54(97)70(116)89-47(24-28-61(107)108)65(111)92-50(33-43-35-83-39-85-43)68(114)88-45(21-25-56(78)102)63(109)87-44(18-14-29-84-76(81)82)66(112)96-62(41(4)5)72(118)90-46(22-26-57(79)103)64(110)91-48(75(121)122)23-27-58(80)104/h10-12,16-17,35,39-41,44-55,62,99-101H,6-9,13-15,18-34,36-38,77H2,1-5H3,(H2,78,102)(H2,79,103)(H2,80,104)(H,83,85)(H,86,105)(H,87,109)(H,88,114)(H,89,116)(H,90,118)(H,91,110)(H,92,111)(H,93,117)(H,94,113)(H,95,115)(H,96,112)(H,107,108)(H,121,122)(H4,81,82,84)/t44-,45-,46-,47-,48-,49-,50-,51-,52-,53-,54-,55-,62-/m0/s1. The lowest BCUT2D eigenvalue weighted by Gasteiger charge is -2.34. The van der Waals surface area contributed by atoms with Gasteiger partial charge in [0.1, 0.15) is 78.5 Å². The number of guanidine groups is 1. The molecule has 1 aliphatic heterocycles. The van der Waals surface area contributed by atoms with Gasteiger partial charge in [-0.2, -0.15) is 0 Å². The molecule has 46 nitrogen and oxygen atoms in total. The maximum Gasteiger partial charge on any atom is 0.326 e. The molecule has 2 heterocycles. The Balaban J connectivity index is 2.03. The molecule has 122 heavy (non-hydrogen) atoms. The molecule has 0 unspecified atom stereocenters. The van der Waals surface area contributed by atoms with Crippen LogP contribution in [0.4, 0.5) is 0 Å². The van der Waals surface area contributed by atoms with E-state index >= 15 is 4.79 Å². The summed E-state index contributed by atoms with van der Waals surface area (Å²) in [6.45, 7) is 4.04. The van der Waals surface area contributed by atoms with Gasteiger partial charge < -0.3 is 128 Å². The predicted octanol–water partition coefficient (Wildman–Crippen LogP) is -7.75. The fraction of sp³-hybridized carbons (Fsp3) is 0.618. The van der Waals surface area contributed by atoms with Gasteiger partial charge in [0.25, 0.3) is 5.91 Å². The van der Waals surface area contributed by atoms with Crippen LogP contribution in [0.15, 0.2) is 42.9 Å². The second-order valence-corrected chi connectivity index (χ2v) is 30.0. The number of primary amides is 3. The maximum absolute atomic E-state index is 15.1. The molecular weight excluding hydrogens is 1600 g/mol. The average Bonchev–Trinajstić information content (AvgIpc) is 1.21. The first-order valence-electron chi connectivity index (χ1n) is 40.1. The van der Waals surface area contributed by atoms with Gasteiger partial charge in [-0.05, 0) is 81.6 Å². The monoisotopic (exact) mass is 1720 g/mol. The lowest BCUT2D eigenvalue weighted by molar-refractivity contribution is -0.155. The fourth-order valence-corrected chi connectivity index (χ4v) is 12.8. The second kappa shape index (κ2) is 54.0. The first-order chi connectivity index (χ1) is 57.7. The Morgan fingerprint density at radius 2 is 1.02 bits per heavy atom. The molecule has 1 aromatic heterocycles. The zero-order valence-corrected chi connectivity index (χ0v) is 69.0. The lowest BCUT2D eigenvalue weighted by atomic mass is 9.99. The first kappa shape index (κ1) is 104. The summed E-state index contributed by atoms with van der Waals surface area (Å²) in [7, 11) is 0. The fourth-order valence-electron chi connectivity index (χ4n) is 12.8. The highest BCUT2D eigenvalue weighted by Crippen LogP contribution is 2.22. The number of benzene rings is 1. The van der Waals surface area contributed by atoms with Crippen LogP contribution in [0.1, 0.15) is 168 Å². The van der Waals surface area contributed by atoms with E-state index < -0.39 is 299 Å². The summed E-state index contributed by atoms with van der Waals surface area (Å²) < 4.78 is 0. The topological polar surface area (TPSA) is 759 Å². The molecule has 0 spiro atoms. The van der Waals surface area contributed by atoms with Crippen molar-refractivity contribution in [1.82, 2.24) is 83.6 Å². The van der Waals surface area contributed by atoms with Gasteiger partial charge in [-0.15, -0.1) is 0 Å². The molecule has 17 amide bonds. The third-order valence-corrected chi connectivity index (χ3v) is 19.3. The number of carbonyl (C=O) groups is 19. The van der Waals surface area contributed by atoms with Crippen LogP contribution in [-0.2, 0) is 104 Å². The van der Waals surface area contributed by atoms with Crippen LogP contribution >= 0.6 is 0 Å². The van der Waals surface area contributed by atoms with Gasteiger partial charge in [0.05, 0.1) is 38.4 Å². The summed E-state index contributed by atoms with van der Waals surface area (Å²) in [5.74, 6) is -23.1. The minimum Gasteiger partial charge on any atom is -0.481 e. The molecule has 1 fully saturated rings. The van der Waals surface area contributed by atoms with Crippen molar-refractivity contribution >= 4 is 118 Å². The third kappa shape index (κ3) is 36.7. The van der Waals surface area contributed by atoms with Crippen LogP contribution in [0.25, 0.3) is 0 Å². The number of nitrogens with two attached hydrogens (primary N) is 5. The van der Waals surface area contributed by atoms with Crippen molar-refractivity contribution in [2.75, 3.05) is 39.5 Å². The Morgan fingerprint density at radius 3 is 1.53 bits per heavy atom. The Morgan fingerprint density at radius 1 is 0.533 bits per heavy atom. The van der Waals surface area contributed by atoms with Crippen molar-refractivity contribution in [3.8, 4) is 0 Å². The number of nitrogens with zero attached hydrogens (tertiary/aromatic N) is 3. The minimum absolute atomic E-state index is 0.0460. The van der Waals surface area contributed by atoms with Crippen LogP contribution in [0.3, 0.4) is 0 Å². The van der Waals surface area contributed by atoms with E-state index in [0.29, 0.717) is 23.3 Å². The van der Waals surface area contributed by atoms with Crippen LogP contribution in [0.5, 0.6) is 0 Å². The van der Waals surface area contributed by atoms with Crippen molar-refractivity contribution in [2.24, 2.45) is 40.5 Å². The van der Waals surface area contributed by atoms with Gasteiger partial charge in [-0.25, -0.2) is 9.78 Å². The molecule has 1 aromatic carbocycles. The van der Waals surface area contributed by atoms with E-state index in [0.717, 1.165) is 17.7 Å². The summed E-state index contributed by atoms with van der Waals surface area (Å²) in [6.07, 6.45) is -0.864. The second-order valence-electron chi connectivity index (χ2n) is 30.0. The molecular formula is C76H120N22O24. The van der Waals surface area contributed by atoms with Crippen molar-refractivity contribution in [1.29, 1.82) is 5.41 Å². The van der Waals surface area contributed by atoms with E-state index in [4.69, 9.17) is 34.1 Å². The van der Waals surface area contributed by atoms with Gasteiger partial charge in [-0.3, -0.25) is 96.6 Å². The van der Waals surface area contributed by atoms with E-state index in [1.54, 1.807) is 44.2 Å². The summed E-state index contributed by atoms with van der Waals surface area (Å²) in [5.41, 5.74) is 27.4. The Hall–Kier alpha value is -12.3. The highest BCUT2D eigenvalue weighted by Gasteiger charge is 2.44. The van der Waals surface area contributed by atoms with Gasteiger partial charge in [0, 0.05) is 64.2 Å². The Kier molecular flexibility index (Phi) is 46.0. The number of carboxylic acids is 2. The normalized spacial score (nSPS) is 15.3. The van der Waals surface area contributed by atoms with Gasteiger partial charge in [0.15, 0.2) is 5.96 Å². The number of carboxylic acid groups (broad SMARTS) is 2. The molecule has 0 aliphatic carbocycles. The van der Waals surface area contributed by atoms with Crippen LogP contribution in [-0.4, -0.2) is 282 Å². The molecule has 1 aliphatic rings. The van der Waals surface area contributed by atoms with E-state index in [1.165, 1.54) is 26.4 Å². The number of carbonyl (C=O) groups excluding carboxylic acids is 17. The zero-order valence-electron chi connectivity index (χ0n) is 69.0. The molecule has 678 valence electrons. The number of rotatable bonds is 58. The SMILES string of the molecule is CCCCCCCC(=O)N(C(=O)[C@H](CO)NC(=O)[C@H](CO)NC(=O)CN)[C@@H](Cc1ccccc1)C(=O)N[C@@H](CC(C)C)C(=O)N[C@@H](CO)C(=O)N1CCC[C@H]1C(=O)N[C@@H](CCC(=O)O)C(=O)N[C@@H](Cc1c[nH]cn1)C(=O)N[C@@H](CCC(N)=O)C(=O)N[C@@H](CCCNC(=N)N)C(=O)N[C@H](C(=O)N[C@@H](CCC(N)=O)C(=O)N[C@@H](CCC(N)=O)C(=O)O)C(C)C. The molecule has 46 heteroatoms. The predicted molar refractivity (Wildman–Crippen MR) is 431 cm³/mol. The summed E-state index contributed by atoms with van der Waals surface area (Å²) >= 11 is 0. The molecule has 3 rings (SSSR count). The molecule has 13 atom stereocenters. The number of aliphatic hydroxyl groups excluding tert-OH is 3. The van der Waals surface area contributed by atoms with Crippen molar-refractivity contribution in [3.05, 3.63) is 54.1 Å². The Bertz CT molecular complexity index is 3910. The number of unbranched alkanes of at least 4 members (excludes halogenated alkanes) is 4. The number of H-pyrrole nitrogens is 1. The number of aliphatic hydroxyl groups is 3. The van der Waals surface area contributed by atoms with Crippen molar-refractivity contribution in [2.45, 2.75) is 248 Å².